The summed E-state index contributed by atoms with van der Waals surface area (Å²) in [7, 11) is 1.85. The number of halogens is 1. The third-order valence-electron chi connectivity index (χ3n) is 4.79. The van der Waals surface area contributed by atoms with Crippen LogP contribution in [0.1, 0.15) is 63.1 Å². The molecule has 1 aliphatic rings. The maximum absolute atomic E-state index is 12.8. The van der Waals surface area contributed by atoms with Gasteiger partial charge in [-0.3, -0.25) is 9.89 Å². The van der Waals surface area contributed by atoms with E-state index in [1.807, 2.05) is 14.0 Å². The van der Waals surface area contributed by atoms with Crippen LogP contribution in [0.25, 0.3) is 0 Å². The summed E-state index contributed by atoms with van der Waals surface area (Å²) < 4.78 is 6.52. The number of hydrogen-bond donors (Lipinski definition) is 1. The van der Waals surface area contributed by atoms with Crippen molar-refractivity contribution in [3.8, 4) is 0 Å². The maximum Gasteiger partial charge on any atom is 0.275 e. The number of hydrogen-bond acceptors (Lipinski definition) is 3. The summed E-state index contributed by atoms with van der Waals surface area (Å²) in [6.45, 7) is 11.2. The van der Waals surface area contributed by atoms with E-state index in [0.29, 0.717) is 12.3 Å². The molecule has 0 aliphatic heterocycles. The molecule has 5 nitrogen and oxygen atoms in total. The first-order valence-corrected chi connectivity index (χ1v) is 8.63. The SMILES string of the molecule is CCO[C@H]1C[C@H](N(C)C(=O)c2n[nH]c(C(C)C)c2Br)C1(C)C. The average Bonchev–Trinajstić information content (AvgIpc) is 2.83. The molecule has 0 bridgehead atoms. The molecular weight excluding hydrogens is 346 g/mol. The van der Waals surface area contributed by atoms with Crippen molar-refractivity contribution in [2.24, 2.45) is 5.41 Å². The van der Waals surface area contributed by atoms with Crippen molar-refractivity contribution in [3.63, 3.8) is 0 Å². The number of H-pyrrole nitrogens is 1. The van der Waals surface area contributed by atoms with Crippen molar-refractivity contribution < 1.29 is 9.53 Å². The van der Waals surface area contributed by atoms with Crippen LogP contribution in [0.4, 0.5) is 0 Å². The van der Waals surface area contributed by atoms with Crippen molar-refractivity contribution in [1.29, 1.82) is 0 Å². The maximum atomic E-state index is 12.8. The van der Waals surface area contributed by atoms with E-state index in [1.54, 1.807) is 4.90 Å². The highest BCUT2D eigenvalue weighted by molar-refractivity contribution is 9.10. The van der Waals surface area contributed by atoms with Gasteiger partial charge in [-0.05, 0) is 35.2 Å². The van der Waals surface area contributed by atoms with Crippen LogP contribution in [0.3, 0.4) is 0 Å². The van der Waals surface area contributed by atoms with Gasteiger partial charge in [-0.2, -0.15) is 5.10 Å². The fourth-order valence-corrected chi connectivity index (χ4v) is 3.99. The number of carbonyl (C=O) groups is 1. The second kappa shape index (κ2) is 6.32. The molecule has 1 saturated carbocycles. The van der Waals surface area contributed by atoms with Crippen molar-refractivity contribution in [1.82, 2.24) is 15.1 Å². The summed E-state index contributed by atoms with van der Waals surface area (Å²) in [5, 5.41) is 7.17. The highest BCUT2D eigenvalue weighted by Crippen LogP contribution is 2.45. The highest BCUT2D eigenvalue weighted by atomic mass is 79.9. The Kier molecular flexibility index (Phi) is 5.02. The van der Waals surface area contributed by atoms with E-state index in [-0.39, 0.29) is 29.4 Å². The molecule has 0 spiro atoms. The predicted octanol–water partition coefficient (Wildman–Crippen LogP) is 3.57. The van der Waals surface area contributed by atoms with Crippen LogP contribution in [0.5, 0.6) is 0 Å². The van der Waals surface area contributed by atoms with Crippen molar-refractivity contribution >= 4 is 21.8 Å². The van der Waals surface area contributed by atoms with E-state index in [1.165, 1.54) is 0 Å². The van der Waals surface area contributed by atoms with Gasteiger partial charge in [-0.15, -0.1) is 0 Å². The largest absolute Gasteiger partial charge is 0.378 e. The fraction of sp³-hybridized carbons (Fsp3) is 0.750. The van der Waals surface area contributed by atoms with Gasteiger partial charge in [0.25, 0.3) is 5.91 Å². The Labute approximate surface area is 140 Å². The second-order valence-electron chi connectivity index (χ2n) is 6.89. The van der Waals surface area contributed by atoms with Crippen molar-refractivity contribution in [3.05, 3.63) is 15.9 Å². The van der Waals surface area contributed by atoms with E-state index in [9.17, 15) is 4.79 Å². The molecular formula is C16H26BrN3O2. The molecule has 124 valence electrons. The summed E-state index contributed by atoms with van der Waals surface area (Å²) >= 11 is 3.51. The molecule has 2 atom stereocenters. The molecule has 1 heterocycles. The van der Waals surface area contributed by atoms with E-state index >= 15 is 0 Å². The Morgan fingerprint density at radius 2 is 2.18 bits per heavy atom. The number of ether oxygens (including phenoxy) is 1. The normalized spacial score (nSPS) is 23.5. The third-order valence-corrected chi connectivity index (χ3v) is 5.60. The lowest BCUT2D eigenvalue weighted by Crippen LogP contribution is -2.62. The number of carbonyl (C=O) groups excluding carboxylic acids is 1. The topological polar surface area (TPSA) is 58.2 Å². The zero-order chi connectivity index (χ0) is 16.7. The molecule has 0 aromatic carbocycles. The quantitative estimate of drug-likeness (QED) is 0.860. The van der Waals surface area contributed by atoms with Crippen LogP contribution >= 0.6 is 15.9 Å². The molecule has 0 saturated heterocycles. The number of aromatic nitrogens is 2. The molecule has 2 rings (SSSR count). The molecule has 1 aromatic rings. The van der Waals surface area contributed by atoms with Crippen molar-refractivity contribution in [2.45, 2.75) is 59.1 Å². The lowest BCUT2D eigenvalue weighted by atomic mass is 9.63. The standard InChI is InChI=1S/C16H26BrN3O2/c1-7-22-11-8-10(16(11,4)5)20(6)15(21)14-12(17)13(9(2)3)18-19-14/h9-11H,7-8H2,1-6H3,(H,18,19)/t10-,11-/m0/s1. The minimum atomic E-state index is -0.0527. The zero-order valence-electron chi connectivity index (χ0n) is 14.2. The Morgan fingerprint density at radius 3 is 2.64 bits per heavy atom. The Balaban J connectivity index is 2.14. The van der Waals surface area contributed by atoms with Gasteiger partial charge in [0.2, 0.25) is 0 Å². The molecule has 1 N–H and O–H groups in total. The number of amides is 1. The van der Waals surface area contributed by atoms with Crippen LogP contribution < -0.4 is 0 Å². The van der Waals surface area contributed by atoms with Crippen LogP contribution in [-0.2, 0) is 4.74 Å². The Bertz CT molecular complexity index is 554. The number of nitrogens with one attached hydrogen (secondary N) is 1. The van der Waals surface area contributed by atoms with E-state index in [4.69, 9.17) is 4.74 Å². The van der Waals surface area contributed by atoms with E-state index in [2.05, 4.69) is 53.8 Å². The summed E-state index contributed by atoms with van der Waals surface area (Å²) in [5.74, 6) is 0.235. The van der Waals surface area contributed by atoms with Gasteiger partial charge in [0.05, 0.1) is 16.3 Å². The third kappa shape index (κ3) is 2.83. The van der Waals surface area contributed by atoms with Crippen LogP contribution in [0.2, 0.25) is 0 Å². The smallest absolute Gasteiger partial charge is 0.275 e. The molecule has 22 heavy (non-hydrogen) atoms. The summed E-state index contributed by atoms with van der Waals surface area (Å²) in [5.41, 5.74) is 1.38. The molecule has 1 fully saturated rings. The first-order valence-electron chi connectivity index (χ1n) is 7.84. The van der Waals surface area contributed by atoms with Gasteiger partial charge in [0, 0.05) is 25.1 Å². The molecule has 0 radical (unpaired) electrons. The van der Waals surface area contributed by atoms with Crippen LogP contribution in [-0.4, -0.2) is 46.8 Å². The summed E-state index contributed by atoms with van der Waals surface area (Å²) in [4.78, 5) is 14.6. The van der Waals surface area contributed by atoms with Gasteiger partial charge in [0.1, 0.15) is 0 Å². The molecule has 1 aliphatic carbocycles. The van der Waals surface area contributed by atoms with E-state index < -0.39 is 0 Å². The molecule has 6 heteroatoms. The summed E-state index contributed by atoms with van der Waals surface area (Å²) in [6.07, 6.45) is 1.09. The van der Waals surface area contributed by atoms with Crippen LogP contribution in [0, 0.1) is 5.41 Å². The second-order valence-corrected chi connectivity index (χ2v) is 7.68. The molecule has 1 amide bonds. The first kappa shape index (κ1) is 17.5. The molecule has 1 aromatic heterocycles. The number of nitrogens with zero attached hydrogens (tertiary/aromatic N) is 2. The summed E-state index contributed by atoms with van der Waals surface area (Å²) in [6, 6.07) is 0.169. The Hall–Kier alpha value is -0.880. The Morgan fingerprint density at radius 1 is 1.55 bits per heavy atom. The zero-order valence-corrected chi connectivity index (χ0v) is 15.8. The lowest BCUT2D eigenvalue weighted by Gasteiger charge is -2.54. The lowest BCUT2D eigenvalue weighted by molar-refractivity contribution is -0.136. The fourth-order valence-electron chi connectivity index (χ4n) is 3.18. The monoisotopic (exact) mass is 371 g/mol. The average molecular weight is 372 g/mol. The van der Waals surface area contributed by atoms with Crippen LogP contribution in [0.15, 0.2) is 4.47 Å². The van der Waals surface area contributed by atoms with Gasteiger partial charge in [-0.25, -0.2) is 0 Å². The van der Waals surface area contributed by atoms with E-state index in [0.717, 1.165) is 16.6 Å². The van der Waals surface area contributed by atoms with Gasteiger partial charge in [0.15, 0.2) is 5.69 Å². The van der Waals surface area contributed by atoms with Gasteiger partial charge in [-0.1, -0.05) is 27.7 Å². The predicted molar refractivity (Wildman–Crippen MR) is 90.1 cm³/mol. The first-order chi connectivity index (χ1) is 10.2. The van der Waals surface area contributed by atoms with Gasteiger partial charge < -0.3 is 9.64 Å². The highest BCUT2D eigenvalue weighted by Gasteiger charge is 2.52. The molecule has 0 unspecified atom stereocenters. The van der Waals surface area contributed by atoms with Gasteiger partial charge >= 0.3 is 0 Å². The van der Waals surface area contributed by atoms with Crippen molar-refractivity contribution in [2.75, 3.05) is 13.7 Å². The minimum absolute atomic E-state index is 0.0376. The minimum Gasteiger partial charge on any atom is -0.378 e. The number of rotatable bonds is 5. The number of aromatic amines is 1.